The van der Waals surface area contributed by atoms with E-state index >= 15 is 0 Å². The lowest BCUT2D eigenvalue weighted by atomic mass is 10.5. The fourth-order valence-electron chi connectivity index (χ4n) is 0.432. The maximum atomic E-state index is 9.70. The van der Waals surface area contributed by atoms with Crippen molar-refractivity contribution in [2.75, 3.05) is 0 Å². The van der Waals surface area contributed by atoms with Gasteiger partial charge < -0.3 is 4.42 Å². The second-order valence-electron chi connectivity index (χ2n) is 1.35. The number of nitrogens with zero attached hydrogens (tertiary/aromatic N) is 1. The highest BCUT2D eigenvalue weighted by Gasteiger charge is 2.08. The van der Waals surface area contributed by atoms with Crippen LogP contribution < -0.4 is 0 Å². The molecule has 0 amide bonds. The zero-order valence-electron chi connectivity index (χ0n) is 4.40. The van der Waals surface area contributed by atoms with E-state index < -0.39 is 4.92 Å². The van der Waals surface area contributed by atoms with Gasteiger partial charge >= 0.3 is 6.54 Å². The summed E-state index contributed by atoms with van der Waals surface area (Å²) in [5.74, 6) is 0.139. The predicted molar refractivity (Wildman–Crippen MR) is 28.0 cm³/mol. The Balaban J connectivity index is 2.58. The highest BCUT2D eigenvalue weighted by Crippen LogP contribution is 2.01. The van der Waals surface area contributed by atoms with E-state index in [9.17, 15) is 10.1 Å². The molecule has 0 spiro atoms. The predicted octanol–water partition coefficient (Wildman–Crippen LogP) is 0.943. The molecule has 0 saturated heterocycles. The van der Waals surface area contributed by atoms with Crippen molar-refractivity contribution in [1.82, 2.24) is 0 Å². The first-order valence-electron chi connectivity index (χ1n) is 2.23. The van der Waals surface area contributed by atoms with E-state index in [0.29, 0.717) is 0 Å². The van der Waals surface area contributed by atoms with Gasteiger partial charge in [-0.1, -0.05) is 0 Å². The molecule has 0 aliphatic rings. The third-order valence-electron chi connectivity index (χ3n) is 0.723. The molecule has 0 aromatic carbocycles. The normalized spacial score (nSPS) is 9.33. The highest BCUT2D eigenvalue weighted by molar-refractivity contribution is 5.03. The van der Waals surface area contributed by atoms with Crippen LogP contribution >= 0.6 is 0 Å². The summed E-state index contributed by atoms with van der Waals surface area (Å²) in [7, 11) is 0. The van der Waals surface area contributed by atoms with E-state index in [2.05, 4.69) is 4.42 Å². The Morgan fingerprint density at radius 1 is 1.78 bits per heavy atom. The van der Waals surface area contributed by atoms with Gasteiger partial charge in [-0.3, -0.25) is 10.1 Å². The SMILES string of the molecule is O=[N+]([O-])[C]c1ccco1. The van der Waals surface area contributed by atoms with Crippen LogP contribution in [0.5, 0.6) is 0 Å². The Kier molecular flexibility index (Phi) is 1.48. The van der Waals surface area contributed by atoms with E-state index in [-0.39, 0.29) is 5.76 Å². The zero-order chi connectivity index (χ0) is 6.69. The van der Waals surface area contributed by atoms with Crippen molar-refractivity contribution in [1.29, 1.82) is 0 Å². The van der Waals surface area contributed by atoms with Gasteiger partial charge in [0.05, 0.1) is 11.2 Å². The van der Waals surface area contributed by atoms with Gasteiger partial charge in [-0.15, -0.1) is 0 Å². The van der Waals surface area contributed by atoms with Crippen LogP contribution in [0.2, 0.25) is 0 Å². The highest BCUT2D eigenvalue weighted by atomic mass is 16.6. The lowest BCUT2D eigenvalue weighted by Crippen LogP contribution is -1.91. The van der Waals surface area contributed by atoms with E-state index in [1.807, 2.05) is 6.54 Å². The summed E-state index contributed by atoms with van der Waals surface area (Å²) >= 11 is 0. The summed E-state index contributed by atoms with van der Waals surface area (Å²) < 4.78 is 4.59. The van der Waals surface area contributed by atoms with Gasteiger partial charge in [-0.2, -0.15) is 0 Å². The van der Waals surface area contributed by atoms with Gasteiger partial charge in [-0.05, 0) is 12.1 Å². The molecular formula is C5H3NO3. The van der Waals surface area contributed by atoms with E-state index in [0.717, 1.165) is 0 Å². The molecular weight excluding hydrogens is 122 g/mol. The summed E-state index contributed by atoms with van der Waals surface area (Å²) in [6, 6.07) is 3.02. The number of hydrogen-bond donors (Lipinski definition) is 0. The monoisotopic (exact) mass is 125 g/mol. The second-order valence-corrected chi connectivity index (χ2v) is 1.35. The minimum Gasteiger partial charge on any atom is -0.461 e. The number of rotatable bonds is 2. The molecule has 0 fully saturated rings. The summed E-state index contributed by atoms with van der Waals surface area (Å²) in [5.41, 5.74) is 0. The van der Waals surface area contributed by atoms with Crippen LogP contribution in [0.1, 0.15) is 5.76 Å². The van der Waals surface area contributed by atoms with Crippen molar-refractivity contribution < 1.29 is 9.34 Å². The minimum atomic E-state index is -0.682. The average molecular weight is 125 g/mol. The fourth-order valence-corrected chi connectivity index (χ4v) is 0.432. The van der Waals surface area contributed by atoms with Crippen molar-refractivity contribution in [3.8, 4) is 0 Å². The van der Waals surface area contributed by atoms with Gasteiger partial charge in [-0.25, -0.2) is 0 Å². The van der Waals surface area contributed by atoms with Crippen molar-refractivity contribution in [3.05, 3.63) is 40.8 Å². The largest absolute Gasteiger partial charge is 0.461 e. The molecule has 0 N–H and O–H groups in total. The van der Waals surface area contributed by atoms with Crippen LogP contribution in [0.15, 0.2) is 22.8 Å². The third-order valence-corrected chi connectivity index (χ3v) is 0.723. The minimum absolute atomic E-state index is 0.139. The fraction of sp³-hybridized carbons (Fsp3) is 0. The third kappa shape index (κ3) is 1.56. The summed E-state index contributed by atoms with van der Waals surface area (Å²) in [6.07, 6.45) is 1.35. The molecule has 1 heterocycles. The van der Waals surface area contributed by atoms with Crippen LogP contribution in [0, 0.1) is 16.7 Å². The Morgan fingerprint density at radius 3 is 3.00 bits per heavy atom. The topological polar surface area (TPSA) is 56.3 Å². The van der Waals surface area contributed by atoms with Gasteiger partial charge in [0.2, 0.25) is 0 Å². The molecule has 4 heteroatoms. The Morgan fingerprint density at radius 2 is 2.56 bits per heavy atom. The lowest BCUT2D eigenvalue weighted by molar-refractivity contribution is -0.431. The van der Waals surface area contributed by atoms with Gasteiger partial charge in [0, 0.05) is 0 Å². The smallest absolute Gasteiger partial charge is 0.446 e. The Labute approximate surface area is 51.2 Å². The summed E-state index contributed by atoms with van der Waals surface area (Å²) in [6.45, 7) is 1.84. The molecule has 46 valence electrons. The van der Waals surface area contributed by atoms with Gasteiger partial charge in [0.25, 0.3) is 0 Å². The second kappa shape index (κ2) is 2.30. The van der Waals surface area contributed by atoms with Gasteiger partial charge in [0.15, 0.2) is 5.76 Å². The molecule has 0 unspecified atom stereocenters. The van der Waals surface area contributed by atoms with E-state index in [1.165, 1.54) is 12.3 Å². The van der Waals surface area contributed by atoms with Crippen LogP contribution in [0.3, 0.4) is 0 Å². The first kappa shape index (κ1) is 5.81. The molecule has 9 heavy (non-hydrogen) atoms. The van der Waals surface area contributed by atoms with Gasteiger partial charge in [0.1, 0.15) is 0 Å². The molecule has 1 aromatic heterocycles. The van der Waals surface area contributed by atoms with Crippen LogP contribution in [0.25, 0.3) is 0 Å². The average Bonchev–Trinajstić information content (AvgIpc) is 2.15. The first-order valence-corrected chi connectivity index (χ1v) is 2.23. The molecule has 2 radical (unpaired) electrons. The molecule has 0 aliphatic heterocycles. The maximum Gasteiger partial charge on any atom is 0.446 e. The molecule has 1 rings (SSSR count). The van der Waals surface area contributed by atoms with E-state index in [1.54, 1.807) is 6.07 Å². The molecule has 0 saturated carbocycles. The molecule has 0 atom stereocenters. The van der Waals surface area contributed by atoms with Crippen molar-refractivity contribution >= 4 is 0 Å². The van der Waals surface area contributed by atoms with E-state index in [4.69, 9.17) is 0 Å². The van der Waals surface area contributed by atoms with Crippen LogP contribution in [-0.4, -0.2) is 4.92 Å². The zero-order valence-corrected chi connectivity index (χ0v) is 4.40. The summed E-state index contributed by atoms with van der Waals surface area (Å²) in [4.78, 5) is 9.02. The first-order chi connectivity index (χ1) is 4.29. The lowest BCUT2D eigenvalue weighted by Gasteiger charge is -1.79. The Hall–Kier alpha value is -1.32. The maximum absolute atomic E-state index is 9.70. The van der Waals surface area contributed by atoms with Crippen LogP contribution in [0.4, 0.5) is 0 Å². The quantitative estimate of drug-likeness (QED) is 0.336. The van der Waals surface area contributed by atoms with Crippen molar-refractivity contribution in [3.63, 3.8) is 0 Å². The summed E-state index contributed by atoms with van der Waals surface area (Å²) in [5, 5.41) is 9.70. The molecule has 0 aliphatic carbocycles. The number of hydrogen-bond acceptors (Lipinski definition) is 3. The molecule has 1 aromatic rings. The Bertz CT molecular complexity index is 192. The molecule has 4 nitrogen and oxygen atoms in total. The molecule has 0 bridgehead atoms. The standard InChI is InChI=1S/C5H3NO3/c7-6(8)4-5-2-1-3-9-5/h1-3H. The van der Waals surface area contributed by atoms with Crippen molar-refractivity contribution in [2.24, 2.45) is 0 Å². The number of furan rings is 1. The van der Waals surface area contributed by atoms with Crippen LogP contribution in [-0.2, 0) is 0 Å². The van der Waals surface area contributed by atoms with Crippen molar-refractivity contribution in [2.45, 2.75) is 0 Å². The number of nitro groups is 1.